The maximum absolute atomic E-state index is 11.9. The van der Waals surface area contributed by atoms with Crippen LogP contribution in [-0.4, -0.2) is 31.7 Å². The molecule has 0 radical (unpaired) electrons. The van der Waals surface area contributed by atoms with E-state index in [-0.39, 0.29) is 18.4 Å². The van der Waals surface area contributed by atoms with E-state index in [9.17, 15) is 4.79 Å². The summed E-state index contributed by atoms with van der Waals surface area (Å²) in [6.45, 7) is 6.32. The third kappa shape index (κ3) is 4.42. The molecule has 0 fully saturated rings. The topological polar surface area (TPSA) is 73.6 Å². The molecular formula is C15H24N2O3. The molecule has 0 aliphatic carbocycles. The fourth-order valence-corrected chi connectivity index (χ4v) is 1.63. The van der Waals surface area contributed by atoms with Gasteiger partial charge in [-0.25, -0.2) is 0 Å². The number of benzene rings is 1. The highest BCUT2D eigenvalue weighted by molar-refractivity contribution is 5.78. The monoisotopic (exact) mass is 280 g/mol. The van der Waals surface area contributed by atoms with E-state index in [0.29, 0.717) is 18.0 Å². The fraction of sp³-hybridized carbons (Fsp3) is 0.533. The van der Waals surface area contributed by atoms with Crippen molar-refractivity contribution >= 4 is 5.91 Å². The second-order valence-corrected chi connectivity index (χ2v) is 5.29. The Labute approximate surface area is 120 Å². The van der Waals surface area contributed by atoms with Crippen molar-refractivity contribution in [1.29, 1.82) is 0 Å². The van der Waals surface area contributed by atoms with Gasteiger partial charge in [-0.2, -0.15) is 0 Å². The normalized spacial score (nSPS) is 13.7. The number of ether oxygens (including phenoxy) is 2. The van der Waals surface area contributed by atoms with Gasteiger partial charge >= 0.3 is 0 Å². The molecule has 1 rings (SSSR count). The van der Waals surface area contributed by atoms with Crippen LogP contribution in [0.5, 0.6) is 11.5 Å². The van der Waals surface area contributed by atoms with Crippen molar-refractivity contribution in [2.45, 2.75) is 26.3 Å². The van der Waals surface area contributed by atoms with Crippen LogP contribution >= 0.6 is 0 Å². The average Bonchev–Trinajstić information content (AvgIpc) is 2.45. The van der Waals surface area contributed by atoms with E-state index in [2.05, 4.69) is 5.32 Å². The van der Waals surface area contributed by atoms with Crippen molar-refractivity contribution in [3.8, 4) is 11.5 Å². The molecule has 1 aromatic rings. The Kier molecular flexibility index (Phi) is 5.82. The first-order valence-electron chi connectivity index (χ1n) is 6.69. The van der Waals surface area contributed by atoms with Crippen LogP contribution in [-0.2, 0) is 4.79 Å². The molecule has 0 saturated carbocycles. The highest BCUT2D eigenvalue weighted by atomic mass is 16.5. The molecule has 20 heavy (non-hydrogen) atoms. The number of hydrogen-bond donors (Lipinski definition) is 2. The third-order valence-electron chi connectivity index (χ3n) is 3.53. The highest BCUT2D eigenvalue weighted by Gasteiger charge is 2.28. The molecule has 0 saturated heterocycles. The Bertz CT molecular complexity index is 448. The number of nitrogens with one attached hydrogen (secondary N) is 1. The van der Waals surface area contributed by atoms with Crippen molar-refractivity contribution in [3.63, 3.8) is 0 Å². The van der Waals surface area contributed by atoms with Crippen LogP contribution in [0.2, 0.25) is 0 Å². The summed E-state index contributed by atoms with van der Waals surface area (Å²) >= 11 is 0. The smallest absolute Gasteiger partial charge is 0.258 e. The first-order chi connectivity index (χ1) is 9.41. The number of methoxy groups -OCH3 is 1. The van der Waals surface area contributed by atoms with E-state index in [1.54, 1.807) is 19.2 Å². The number of carbonyl (C=O) groups is 1. The van der Waals surface area contributed by atoms with Gasteiger partial charge in [-0.3, -0.25) is 4.79 Å². The Morgan fingerprint density at radius 1 is 1.40 bits per heavy atom. The lowest BCUT2D eigenvalue weighted by Gasteiger charge is -2.33. The molecule has 3 N–H and O–H groups in total. The van der Waals surface area contributed by atoms with Gasteiger partial charge in [0, 0.05) is 12.6 Å². The second-order valence-electron chi connectivity index (χ2n) is 5.29. The van der Waals surface area contributed by atoms with Crippen molar-refractivity contribution in [3.05, 3.63) is 24.3 Å². The molecule has 1 unspecified atom stereocenters. The lowest BCUT2D eigenvalue weighted by Crippen LogP contribution is -2.56. The standard InChI is InChI=1S/C15H24N2O3/c1-11(2)15(3,10-16)17-14(18)9-20-13-7-5-6-12(8-13)19-4/h5-8,11H,9-10,16H2,1-4H3,(H,17,18). The minimum absolute atomic E-state index is 0.0462. The molecule has 0 aliphatic rings. The summed E-state index contributed by atoms with van der Waals surface area (Å²) in [6, 6.07) is 7.14. The summed E-state index contributed by atoms with van der Waals surface area (Å²) in [5, 5.41) is 2.92. The van der Waals surface area contributed by atoms with Crippen LogP contribution in [0, 0.1) is 5.92 Å². The molecular weight excluding hydrogens is 256 g/mol. The minimum atomic E-state index is -0.422. The van der Waals surface area contributed by atoms with Gasteiger partial charge in [-0.15, -0.1) is 0 Å². The predicted octanol–water partition coefficient (Wildman–Crippen LogP) is 1.56. The Hall–Kier alpha value is -1.75. The van der Waals surface area contributed by atoms with Gasteiger partial charge < -0.3 is 20.5 Å². The number of amides is 1. The minimum Gasteiger partial charge on any atom is -0.497 e. The van der Waals surface area contributed by atoms with E-state index in [4.69, 9.17) is 15.2 Å². The van der Waals surface area contributed by atoms with Crippen LogP contribution in [0.25, 0.3) is 0 Å². The Morgan fingerprint density at radius 3 is 2.60 bits per heavy atom. The summed E-state index contributed by atoms with van der Waals surface area (Å²) in [5.74, 6) is 1.35. The zero-order chi connectivity index (χ0) is 15.2. The highest BCUT2D eigenvalue weighted by Crippen LogP contribution is 2.19. The van der Waals surface area contributed by atoms with Gasteiger partial charge in [0.15, 0.2) is 6.61 Å². The molecule has 1 aromatic carbocycles. The summed E-state index contributed by atoms with van der Waals surface area (Å²) in [4.78, 5) is 11.9. The van der Waals surface area contributed by atoms with Crippen molar-refractivity contribution in [2.75, 3.05) is 20.3 Å². The summed E-state index contributed by atoms with van der Waals surface area (Å²) < 4.78 is 10.5. The first-order valence-corrected chi connectivity index (χ1v) is 6.69. The molecule has 0 aliphatic heterocycles. The maximum Gasteiger partial charge on any atom is 0.258 e. The zero-order valence-corrected chi connectivity index (χ0v) is 12.6. The number of nitrogens with two attached hydrogens (primary N) is 1. The quantitative estimate of drug-likeness (QED) is 0.795. The van der Waals surface area contributed by atoms with Gasteiger partial charge in [0.2, 0.25) is 0 Å². The molecule has 0 bridgehead atoms. The average molecular weight is 280 g/mol. The van der Waals surface area contributed by atoms with Crippen molar-refractivity contribution in [1.82, 2.24) is 5.32 Å². The van der Waals surface area contributed by atoms with E-state index >= 15 is 0 Å². The largest absolute Gasteiger partial charge is 0.497 e. The van der Waals surface area contributed by atoms with Crippen LogP contribution in [0.3, 0.4) is 0 Å². The van der Waals surface area contributed by atoms with E-state index in [0.717, 1.165) is 0 Å². The number of carbonyl (C=O) groups excluding carboxylic acids is 1. The lowest BCUT2D eigenvalue weighted by atomic mass is 9.88. The molecule has 0 heterocycles. The molecule has 112 valence electrons. The lowest BCUT2D eigenvalue weighted by molar-refractivity contribution is -0.125. The molecule has 0 spiro atoms. The van der Waals surface area contributed by atoms with Gasteiger partial charge in [0.25, 0.3) is 5.91 Å². The van der Waals surface area contributed by atoms with E-state index in [1.165, 1.54) is 0 Å². The van der Waals surface area contributed by atoms with E-state index in [1.807, 2.05) is 32.9 Å². The molecule has 5 nitrogen and oxygen atoms in total. The number of hydrogen-bond acceptors (Lipinski definition) is 4. The first kappa shape index (κ1) is 16.3. The van der Waals surface area contributed by atoms with Gasteiger partial charge in [-0.05, 0) is 25.0 Å². The fourth-order valence-electron chi connectivity index (χ4n) is 1.63. The summed E-state index contributed by atoms with van der Waals surface area (Å²) in [6.07, 6.45) is 0. The summed E-state index contributed by atoms with van der Waals surface area (Å²) in [7, 11) is 1.58. The van der Waals surface area contributed by atoms with Crippen molar-refractivity contribution in [2.24, 2.45) is 11.7 Å². The van der Waals surface area contributed by atoms with Crippen LogP contribution in [0.15, 0.2) is 24.3 Å². The maximum atomic E-state index is 11.9. The number of rotatable bonds is 7. The summed E-state index contributed by atoms with van der Waals surface area (Å²) in [5.41, 5.74) is 5.31. The molecule has 1 amide bonds. The van der Waals surface area contributed by atoms with Crippen molar-refractivity contribution < 1.29 is 14.3 Å². The van der Waals surface area contributed by atoms with Crippen LogP contribution < -0.4 is 20.5 Å². The predicted molar refractivity (Wildman–Crippen MR) is 78.9 cm³/mol. The van der Waals surface area contributed by atoms with E-state index < -0.39 is 5.54 Å². The molecule has 5 heteroatoms. The second kappa shape index (κ2) is 7.14. The van der Waals surface area contributed by atoms with Gasteiger partial charge in [-0.1, -0.05) is 19.9 Å². The third-order valence-corrected chi connectivity index (χ3v) is 3.53. The van der Waals surface area contributed by atoms with Gasteiger partial charge in [0.1, 0.15) is 11.5 Å². The van der Waals surface area contributed by atoms with Crippen LogP contribution in [0.1, 0.15) is 20.8 Å². The van der Waals surface area contributed by atoms with Gasteiger partial charge in [0.05, 0.1) is 12.6 Å². The zero-order valence-electron chi connectivity index (χ0n) is 12.6. The Balaban J connectivity index is 2.54. The molecule has 1 atom stereocenters. The SMILES string of the molecule is COc1cccc(OCC(=O)NC(C)(CN)C(C)C)c1. The Morgan fingerprint density at radius 2 is 2.05 bits per heavy atom. The van der Waals surface area contributed by atoms with Crippen LogP contribution in [0.4, 0.5) is 0 Å². The molecule has 0 aromatic heterocycles.